The number of hydrogen-bond donors (Lipinski definition) is 1. The van der Waals surface area contributed by atoms with Crippen molar-refractivity contribution in [3.8, 4) is 0 Å². The van der Waals surface area contributed by atoms with Gasteiger partial charge in [-0.3, -0.25) is 4.72 Å². The number of nitrogens with zero attached hydrogens (tertiary/aromatic N) is 1. The fourth-order valence-electron chi connectivity index (χ4n) is 3.54. The SMILES string of the molecule is C=Cc1ccc(S(=O)(=O)Nc2ccccc2C2CCN(CCC)C2)cc1. The molecule has 0 radical (unpaired) electrons. The summed E-state index contributed by atoms with van der Waals surface area (Å²) in [7, 11) is -3.61. The van der Waals surface area contributed by atoms with E-state index < -0.39 is 10.0 Å². The van der Waals surface area contributed by atoms with E-state index >= 15 is 0 Å². The van der Waals surface area contributed by atoms with Crippen LogP contribution in [0.2, 0.25) is 0 Å². The molecule has 1 N–H and O–H groups in total. The van der Waals surface area contributed by atoms with Gasteiger partial charge in [0.1, 0.15) is 0 Å². The molecule has 1 aliphatic heterocycles. The van der Waals surface area contributed by atoms with Crippen LogP contribution < -0.4 is 4.72 Å². The maximum atomic E-state index is 12.8. The van der Waals surface area contributed by atoms with Crippen molar-refractivity contribution >= 4 is 21.8 Å². The first-order valence-electron chi connectivity index (χ1n) is 9.10. The minimum atomic E-state index is -3.61. The molecule has 3 rings (SSSR count). The molecule has 1 atom stereocenters. The average Bonchev–Trinajstić information content (AvgIpc) is 3.11. The van der Waals surface area contributed by atoms with Gasteiger partial charge in [-0.05, 0) is 61.2 Å². The molecule has 2 aromatic carbocycles. The molecular formula is C21H26N2O2S. The fraction of sp³-hybridized carbons (Fsp3) is 0.333. The predicted molar refractivity (Wildman–Crippen MR) is 108 cm³/mol. The third-order valence-electron chi connectivity index (χ3n) is 4.88. The summed E-state index contributed by atoms with van der Waals surface area (Å²) < 4.78 is 28.4. The van der Waals surface area contributed by atoms with E-state index in [-0.39, 0.29) is 4.90 Å². The first-order valence-corrected chi connectivity index (χ1v) is 10.6. The van der Waals surface area contributed by atoms with Crippen molar-refractivity contribution in [1.29, 1.82) is 0 Å². The van der Waals surface area contributed by atoms with E-state index in [1.807, 2.05) is 24.3 Å². The zero-order chi connectivity index (χ0) is 18.6. The van der Waals surface area contributed by atoms with Crippen molar-refractivity contribution in [2.24, 2.45) is 0 Å². The third-order valence-corrected chi connectivity index (χ3v) is 6.26. The Labute approximate surface area is 156 Å². The van der Waals surface area contributed by atoms with E-state index in [1.54, 1.807) is 30.3 Å². The van der Waals surface area contributed by atoms with Gasteiger partial charge in [0.15, 0.2) is 0 Å². The van der Waals surface area contributed by atoms with E-state index in [9.17, 15) is 8.42 Å². The van der Waals surface area contributed by atoms with Crippen LogP contribution in [-0.4, -0.2) is 33.0 Å². The maximum Gasteiger partial charge on any atom is 0.261 e. The molecule has 0 spiro atoms. The molecule has 0 aromatic heterocycles. The van der Waals surface area contributed by atoms with Gasteiger partial charge < -0.3 is 4.90 Å². The second-order valence-corrected chi connectivity index (χ2v) is 8.43. The first-order chi connectivity index (χ1) is 12.5. The Hall–Kier alpha value is -2.11. The van der Waals surface area contributed by atoms with E-state index in [0.717, 1.165) is 43.6 Å². The van der Waals surface area contributed by atoms with Gasteiger partial charge in [-0.15, -0.1) is 0 Å². The molecule has 1 heterocycles. The van der Waals surface area contributed by atoms with Crippen LogP contribution in [0.5, 0.6) is 0 Å². The highest BCUT2D eigenvalue weighted by Crippen LogP contribution is 2.33. The van der Waals surface area contributed by atoms with Crippen LogP contribution in [0, 0.1) is 0 Å². The highest BCUT2D eigenvalue weighted by atomic mass is 32.2. The van der Waals surface area contributed by atoms with Crippen LogP contribution in [0.15, 0.2) is 60.0 Å². The van der Waals surface area contributed by atoms with Crippen LogP contribution >= 0.6 is 0 Å². The molecule has 26 heavy (non-hydrogen) atoms. The number of nitrogens with one attached hydrogen (secondary N) is 1. The average molecular weight is 371 g/mol. The van der Waals surface area contributed by atoms with Crippen molar-refractivity contribution in [3.63, 3.8) is 0 Å². The highest BCUT2D eigenvalue weighted by Gasteiger charge is 2.26. The lowest BCUT2D eigenvalue weighted by Crippen LogP contribution is -2.21. The summed E-state index contributed by atoms with van der Waals surface area (Å²) in [4.78, 5) is 2.71. The molecule has 1 unspecified atom stereocenters. The van der Waals surface area contributed by atoms with E-state index in [4.69, 9.17) is 0 Å². The number of sulfonamides is 1. The Bertz CT molecular complexity index is 860. The highest BCUT2D eigenvalue weighted by molar-refractivity contribution is 7.92. The van der Waals surface area contributed by atoms with Crippen LogP contribution in [-0.2, 0) is 10.0 Å². The van der Waals surface area contributed by atoms with Crippen molar-refractivity contribution < 1.29 is 8.42 Å². The largest absolute Gasteiger partial charge is 0.303 e. The fourth-order valence-corrected chi connectivity index (χ4v) is 4.63. The monoisotopic (exact) mass is 370 g/mol. The van der Waals surface area contributed by atoms with Crippen molar-refractivity contribution in [2.45, 2.75) is 30.6 Å². The van der Waals surface area contributed by atoms with Gasteiger partial charge in [0, 0.05) is 6.54 Å². The van der Waals surface area contributed by atoms with E-state index in [0.29, 0.717) is 11.6 Å². The summed E-state index contributed by atoms with van der Waals surface area (Å²) in [5, 5.41) is 0. The minimum Gasteiger partial charge on any atom is -0.303 e. The molecule has 2 aromatic rings. The van der Waals surface area contributed by atoms with Gasteiger partial charge in [0.2, 0.25) is 0 Å². The van der Waals surface area contributed by atoms with Gasteiger partial charge in [-0.2, -0.15) is 0 Å². The van der Waals surface area contributed by atoms with Crippen LogP contribution in [0.3, 0.4) is 0 Å². The Morgan fingerprint density at radius 1 is 1.19 bits per heavy atom. The summed E-state index contributed by atoms with van der Waals surface area (Å²) in [5.41, 5.74) is 2.66. The Balaban J connectivity index is 1.82. The predicted octanol–water partition coefficient (Wildman–Crippen LogP) is 4.33. The van der Waals surface area contributed by atoms with Crippen LogP contribution in [0.4, 0.5) is 5.69 Å². The molecule has 138 valence electrons. The van der Waals surface area contributed by atoms with Crippen LogP contribution in [0.1, 0.15) is 36.8 Å². The Kier molecular flexibility index (Phi) is 5.79. The van der Waals surface area contributed by atoms with Gasteiger partial charge in [0.25, 0.3) is 10.0 Å². The smallest absolute Gasteiger partial charge is 0.261 e. The Morgan fingerprint density at radius 3 is 2.62 bits per heavy atom. The zero-order valence-corrected chi connectivity index (χ0v) is 16.0. The number of anilines is 1. The molecule has 0 bridgehead atoms. The quantitative estimate of drug-likeness (QED) is 0.789. The lowest BCUT2D eigenvalue weighted by atomic mass is 9.97. The second kappa shape index (κ2) is 8.06. The van der Waals surface area contributed by atoms with Gasteiger partial charge in [-0.1, -0.05) is 49.9 Å². The number of para-hydroxylation sites is 1. The third kappa shape index (κ3) is 4.17. The molecular weight excluding hydrogens is 344 g/mol. The topological polar surface area (TPSA) is 49.4 Å². The normalized spacial score (nSPS) is 18.0. The molecule has 1 saturated heterocycles. The first kappa shape index (κ1) is 18.7. The lowest BCUT2D eigenvalue weighted by molar-refractivity contribution is 0.335. The van der Waals surface area contributed by atoms with E-state index in [2.05, 4.69) is 23.1 Å². The summed E-state index contributed by atoms with van der Waals surface area (Å²) in [6, 6.07) is 14.5. The van der Waals surface area contributed by atoms with Gasteiger partial charge >= 0.3 is 0 Å². The second-order valence-electron chi connectivity index (χ2n) is 6.75. The maximum absolute atomic E-state index is 12.8. The molecule has 1 fully saturated rings. The lowest BCUT2D eigenvalue weighted by Gasteiger charge is -2.18. The summed E-state index contributed by atoms with van der Waals surface area (Å²) in [5.74, 6) is 0.364. The van der Waals surface area contributed by atoms with Gasteiger partial charge in [-0.25, -0.2) is 8.42 Å². The number of rotatable bonds is 7. The van der Waals surface area contributed by atoms with Crippen molar-refractivity contribution in [3.05, 3.63) is 66.2 Å². The minimum absolute atomic E-state index is 0.261. The molecule has 4 nitrogen and oxygen atoms in total. The summed E-state index contributed by atoms with van der Waals surface area (Å²) in [6.07, 6.45) is 3.90. The van der Waals surface area contributed by atoms with Crippen molar-refractivity contribution in [1.82, 2.24) is 4.90 Å². The molecule has 0 amide bonds. The summed E-state index contributed by atoms with van der Waals surface area (Å²) >= 11 is 0. The molecule has 0 aliphatic carbocycles. The number of likely N-dealkylation sites (tertiary alicyclic amines) is 1. The Morgan fingerprint density at radius 2 is 1.92 bits per heavy atom. The molecule has 5 heteroatoms. The number of benzene rings is 2. The zero-order valence-electron chi connectivity index (χ0n) is 15.2. The van der Waals surface area contributed by atoms with Crippen LogP contribution in [0.25, 0.3) is 6.08 Å². The summed E-state index contributed by atoms with van der Waals surface area (Å²) in [6.45, 7) is 9.04. The van der Waals surface area contributed by atoms with Crippen molar-refractivity contribution in [2.75, 3.05) is 24.4 Å². The number of hydrogen-bond acceptors (Lipinski definition) is 3. The molecule has 1 aliphatic rings. The van der Waals surface area contributed by atoms with E-state index in [1.165, 1.54) is 0 Å². The standard InChI is InChI=1S/C21H26N2O2S/c1-3-14-23-15-13-18(16-23)20-7-5-6-8-21(20)22-26(24,25)19-11-9-17(4-2)10-12-19/h4-12,18,22H,2-3,13-16H2,1H3. The van der Waals surface area contributed by atoms with Gasteiger partial charge in [0.05, 0.1) is 10.6 Å². The molecule has 0 saturated carbocycles.